The zero-order valence-electron chi connectivity index (χ0n) is 13.5. The van der Waals surface area contributed by atoms with E-state index in [1.54, 1.807) is 13.3 Å². The molecule has 0 atom stereocenters. The Morgan fingerprint density at radius 3 is 2.65 bits per heavy atom. The maximum Gasteiger partial charge on any atom is 0.271 e. The first-order valence-electron chi connectivity index (χ1n) is 7.55. The predicted molar refractivity (Wildman–Crippen MR) is 89.4 cm³/mol. The van der Waals surface area contributed by atoms with Gasteiger partial charge in [-0.15, -0.1) is 0 Å². The summed E-state index contributed by atoms with van der Waals surface area (Å²) in [6.45, 7) is 1.91. The van der Waals surface area contributed by atoms with Gasteiger partial charge in [0.1, 0.15) is 11.5 Å². The van der Waals surface area contributed by atoms with Crippen LogP contribution >= 0.6 is 0 Å². The van der Waals surface area contributed by atoms with Crippen LogP contribution in [0, 0.1) is 0 Å². The molecule has 0 saturated heterocycles. The van der Waals surface area contributed by atoms with Crippen molar-refractivity contribution in [1.82, 2.24) is 15.3 Å². The molecule has 0 radical (unpaired) electrons. The molecule has 6 nitrogen and oxygen atoms in total. The highest BCUT2D eigenvalue weighted by Crippen LogP contribution is 2.11. The van der Waals surface area contributed by atoms with Gasteiger partial charge in [0, 0.05) is 33.9 Å². The normalized spacial score (nSPS) is 10.3. The summed E-state index contributed by atoms with van der Waals surface area (Å²) < 4.78 is 4.94. The third kappa shape index (κ3) is 5.34. The van der Waals surface area contributed by atoms with Crippen molar-refractivity contribution >= 4 is 11.7 Å². The molecule has 1 aromatic heterocycles. The first-order valence-corrected chi connectivity index (χ1v) is 7.55. The molecule has 0 aliphatic heterocycles. The molecule has 23 heavy (non-hydrogen) atoms. The molecule has 1 N–H and O–H groups in total. The Labute approximate surface area is 136 Å². The molecule has 0 saturated carbocycles. The Morgan fingerprint density at radius 2 is 2.00 bits per heavy atom. The zero-order chi connectivity index (χ0) is 16.5. The van der Waals surface area contributed by atoms with Crippen molar-refractivity contribution in [2.75, 3.05) is 32.2 Å². The van der Waals surface area contributed by atoms with Crippen LogP contribution in [-0.2, 0) is 11.3 Å². The van der Waals surface area contributed by atoms with E-state index >= 15 is 0 Å². The lowest BCUT2D eigenvalue weighted by molar-refractivity contribution is 0.0943. The highest BCUT2D eigenvalue weighted by Gasteiger charge is 2.09. The lowest BCUT2D eigenvalue weighted by Crippen LogP contribution is -2.26. The molecule has 0 aliphatic carbocycles. The van der Waals surface area contributed by atoms with Crippen molar-refractivity contribution in [3.05, 3.63) is 54.0 Å². The second-order valence-electron chi connectivity index (χ2n) is 5.20. The van der Waals surface area contributed by atoms with E-state index in [0.717, 1.165) is 18.8 Å². The van der Waals surface area contributed by atoms with Gasteiger partial charge in [-0.1, -0.05) is 30.3 Å². The third-order valence-electron chi connectivity index (χ3n) is 3.34. The highest BCUT2D eigenvalue weighted by atomic mass is 16.5. The summed E-state index contributed by atoms with van der Waals surface area (Å²) in [7, 11) is 3.58. The summed E-state index contributed by atoms with van der Waals surface area (Å²) in [5.74, 6) is 0.510. The van der Waals surface area contributed by atoms with Crippen LogP contribution in [0.5, 0.6) is 0 Å². The summed E-state index contributed by atoms with van der Waals surface area (Å²) >= 11 is 0. The van der Waals surface area contributed by atoms with Gasteiger partial charge in [0.15, 0.2) is 0 Å². The summed E-state index contributed by atoms with van der Waals surface area (Å²) in [6, 6.07) is 10.1. The van der Waals surface area contributed by atoms with Crippen LogP contribution in [0.25, 0.3) is 0 Å². The molecular weight excluding hydrogens is 292 g/mol. The SMILES string of the molecule is COCCCNC(=O)c1cnc(N(C)Cc2ccccc2)cn1. The van der Waals surface area contributed by atoms with Crippen molar-refractivity contribution in [2.45, 2.75) is 13.0 Å². The fraction of sp³-hybridized carbons (Fsp3) is 0.353. The van der Waals surface area contributed by atoms with Crippen LogP contribution in [0.1, 0.15) is 22.5 Å². The van der Waals surface area contributed by atoms with Crippen molar-refractivity contribution in [2.24, 2.45) is 0 Å². The minimum Gasteiger partial charge on any atom is -0.385 e. The summed E-state index contributed by atoms with van der Waals surface area (Å²) in [6.07, 6.45) is 3.89. The van der Waals surface area contributed by atoms with Gasteiger partial charge in [0.25, 0.3) is 5.91 Å². The number of ether oxygens (including phenoxy) is 1. The number of nitrogens with one attached hydrogen (secondary N) is 1. The number of hydrogen-bond acceptors (Lipinski definition) is 5. The largest absolute Gasteiger partial charge is 0.385 e. The number of anilines is 1. The smallest absolute Gasteiger partial charge is 0.271 e. The van der Waals surface area contributed by atoms with E-state index in [1.807, 2.05) is 30.1 Å². The quantitative estimate of drug-likeness (QED) is 0.754. The van der Waals surface area contributed by atoms with E-state index in [4.69, 9.17) is 4.74 Å². The summed E-state index contributed by atoms with van der Waals surface area (Å²) in [5.41, 5.74) is 1.51. The van der Waals surface area contributed by atoms with Crippen LogP contribution in [0.15, 0.2) is 42.7 Å². The number of rotatable bonds is 8. The molecule has 2 rings (SSSR count). The molecule has 1 heterocycles. The predicted octanol–water partition coefficient (Wildman–Crippen LogP) is 1.88. The number of benzene rings is 1. The van der Waals surface area contributed by atoms with E-state index in [0.29, 0.717) is 18.8 Å². The summed E-state index contributed by atoms with van der Waals surface area (Å²) in [4.78, 5) is 22.4. The fourth-order valence-electron chi connectivity index (χ4n) is 2.08. The summed E-state index contributed by atoms with van der Waals surface area (Å²) in [5, 5.41) is 2.79. The van der Waals surface area contributed by atoms with Crippen molar-refractivity contribution < 1.29 is 9.53 Å². The number of methoxy groups -OCH3 is 1. The van der Waals surface area contributed by atoms with Gasteiger partial charge in [-0.2, -0.15) is 0 Å². The van der Waals surface area contributed by atoms with Gasteiger partial charge >= 0.3 is 0 Å². The molecule has 0 bridgehead atoms. The molecule has 0 aliphatic rings. The number of aromatic nitrogens is 2. The Kier molecular flexibility index (Phi) is 6.50. The molecule has 0 fully saturated rings. The van der Waals surface area contributed by atoms with Crippen molar-refractivity contribution in [3.8, 4) is 0 Å². The van der Waals surface area contributed by atoms with Crippen molar-refractivity contribution in [1.29, 1.82) is 0 Å². The van der Waals surface area contributed by atoms with Gasteiger partial charge in [-0.25, -0.2) is 9.97 Å². The fourth-order valence-corrected chi connectivity index (χ4v) is 2.08. The minimum atomic E-state index is -0.217. The van der Waals surface area contributed by atoms with E-state index in [-0.39, 0.29) is 5.91 Å². The second kappa shape index (κ2) is 8.85. The molecule has 1 aromatic carbocycles. The van der Waals surface area contributed by atoms with Crippen LogP contribution in [0.4, 0.5) is 5.82 Å². The average Bonchev–Trinajstić information content (AvgIpc) is 2.59. The second-order valence-corrected chi connectivity index (χ2v) is 5.20. The molecule has 0 unspecified atom stereocenters. The average molecular weight is 314 g/mol. The Hall–Kier alpha value is -2.47. The van der Waals surface area contributed by atoms with E-state index in [1.165, 1.54) is 11.8 Å². The van der Waals surface area contributed by atoms with Crippen LogP contribution in [0.3, 0.4) is 0 Å². The van der Waals surface area contributed by atoms with Crippen LogP contribution in [0.2, 0.25) is 0 Å². The molecule has 1 amide bonds. The lowest BCUT2D eigenvalue weighted by Gasteiger charge is -2.17. The molecule has 122 valence electrons. The van der Waals surface area contributed by atoms with Crippen LogP contribution < -0.4 is 10.2 Å². The Bertz CT molecular complexity index is 602. The van der Waals surface area contributed by atoms with E-state index < -0.39 is 0 Å². The monoisotopic (exact) mass is 314 g/mol. The maximum absolute atomic E-state index is 11.9. The first-order chi connectivity index (χ1) is 11.2. The molecular formula is C17H22N4O2. The first kappa shape index (κ1) is 16.9. The number of carbonyl (C=O) groups is 1. The Balaban J connectivity index is 1.89. The van der Waals surface area contributed by atoms with Gasteiger partial charge < -0.3 is 15.0 Å². The molecule has 6 heteroatoms. The Morgan fingerprint density at radius 1 is 1.22 bits per heavy atom. The van der Waals surface area contributed by atoms with Gasteiger partial charge in [0.05, 0.1) is 12.4 Å². The van der Waals surface area contributed by atoms with Crippen LogP contribution in [-0.4, -0.2) is 43.2 Å². The number of carbonyl (C=O) groups excluding carboxylic acids is 1. The van der Waals surface area contributed by atoms with Crippen molar-refractivity contribution in [3.63, 3.8) is 0 Å². The maximum atomic E-state index is 11.9. The molecule has 0 spiro atoms. The third-order valence-corrected chi connectivity index (χ3v) is 3.34. The minimum absolute atomic E-state index is 0.217. The van der Waals surface area contributed by atoms with E-state index in [2.05, 4.69) is 27.4 Å². The highest BCUT2D eigenvalue weighted by molar-refractivity contribution is 5.91. The number of nitrogens with zero attached hydrogens (tertiary/aromatic N) is 3. The number of amides is 1. The topological polar surface area (TPSA) is 67.3 Å². The zero-order valence-corrected chi connectivity index (χ0v) is 13.5. The van der Waals surface area contributed by atoms with Gasteiger partial charge in [-0.3, -0.25) is 4.79 Å². The van der Waals surface area contributed by atoms with E-state index in [9.17, 15) is 4.79 Å². The number of hydrogen-bond donors (Lipinski definition) is 1. The van der Waals surface area contributed by atoms with Gasteiger partial charge in [-0.05, 0) is 12.0 Å². The molecule has 2 aromatic rings. The van der Waals surface area contributed by atoms with Gasteiger partial charge in [0.2, 0.25) is 0 Å². The lowest BCUT2D eigenvalue weighted by atomic mass is 10.2. The standard InChI is InChI=1S/C17H22N4O2/c1-21(13-14-7-4-3-5-8-14)16-12-19-15(11-20-16)17(22)18-9-6-10-23-2/h3-5,7-8,11-12H,6,9-10,13H2,1-2H3,(H,18,22).